The van der Waals surface area contributed by atoms with Crippen molar-refractivity contribution in [3.05, 3.63) is 64.2 Å². The minimum absolute atomic E-state index is 0.112. The van der Waals surface area contributed by atoms with Crippen LogP contribution < -0.4 is 5.56 Å². The summed E-state index contributed by atoms with van der Waals surface area (Å²) in [4.78, 5) is 18.1. The zero-order valence-corrected chi connectivity index (χ0v) is 19.8. The van der Waals surface area contributed by atoms with Gasteiger partial charge in [0.05, 0.1) is 22.5 Å². The number of alkyl halides is 1. The van der Waals surface area contributed by atoms with Crippen molar-refractivity contribution in [1.29, 1.82) is 5.26 Å². The molecule has 1 saturated carbocycles. The maximum Gasteiger partial charge on any atom is 0.261 e. The van der Waals surface area contributed by atoms with Crippen molar-refractivity contribution in [1.82, 2.24) is 9.55 Å². The van der Waals surface area contributed by atoms with E-state index in [1.807, 2.05) is 43.3 Å². The fourth-order valence-corrected chi connectivity index (χ4v) is 5.20. The molecule has 3 atom stereocenters. The van der Waals surface area contributed by atoms with Gasteiger partial charge in [-0.2, -0.15) is 5.26 Å². The Hall–Kier alpha value is -2.68. The van der Waals surface area contributed by atoms with Crippen LogP contribution in [0, 0.1) is 23.2 Å². The number of fused-ring (bicyclic) bond motifs is 1. The lowest BCUT2D eigenvalue weighted by Gasteiger charge is -2.30. The van der Waals surface area contributed by atoms with Crippen LogP contribution in [0.5, 0.6) is 0 Å². The number of nitriles is 1. The minimum Gasteiger partial charge on any atom is -0.388 e. The van der Waals surface area contributed by atoms with Crippen LogP contribution in [-0.2, 0) is 13.2 Å². The first-order valence-electron chi connectivity index (χ1n) is 11.8. The number of nitrogens with zero attached hydrogens (tertiary/aromatic N) is 3. The highest BCUT2D eigenvalue weighted by Gasteiger charge is 2.24. The second-order valence-corrected chi connectivity index (χ2v) is 10.0. The molecule has 0 spiro atoms. The van der Waals surface area contributed by atoms with Gasteiger partial charge in [0.15, 0.2) is 0 Å². The molecule has 3 unspecified atom stereocenters. The van der Waals surface area contributed by atoms with Gasteiger partial charge in [-0.05, 0) is 79.8 Å². The second-order valence-electron chi connectivity index (χ2n) is 9.28. The first-order chi connectivity index (χ1) is 16.0. The largest absolute Gasteiger partial charge is 0.388 e. The van der Waals surface area contributed by atoms with Gasteiger partial charge in [0.1, 0.15) is 12.4 Å². The molecule has 0 saturated heterocycles. The second kappa shape index (κ2) is 10.5. The van der Waals surface area contributed by atoms with Crippen LogP contribution in [-0.4, -0.2) is 20.0 Å². The van der Waals surface area contributed by atoms with Gasteiger partial charge < -0.3 is 5.11 Å². The van der Waals surface area contributed by atoms with Crippen molar-refractivity contribution in [2.75, 3.05) is 0 Å². The number of aliphatic hydroxyl groups excluding tert-OH is 1. The van der Waals surface area contributed by atoms with Crippen LogP contribution in [0.3, 0.4) is 0 Å². The first kappa shape index (κ1) is 23.5. The van der Waals surface area contributed by atoms with Gasteiger partial charge in [-0.15, -0.1) is 11.6 Å². The molecule has 172 valence electrons. The third kappa shape index (κ3) is 5.46. The number of hydrogen-bond donors (Lipinski definition) is 1. The summed E-state index contributed by atoms with van der Waals surface area (Å²) in [6.07, 6.45) is 6.71. The van der Waals surface area contributed by atoms with E-state index in [-0.39, 0.29) is 17.5 Å². The van der Waals surface area contributed by atoms with Crippen molar-refractivity contribution in [2.24, 2.45) is 11.8 Å². The Morgan fingerprint density at radius 3 is 2.76 bits per heavy atom. The summed E-state index contributed by atoms with van der Waals surface area (Å²) in [5.41, 5.74) is 2.80. The zero-order valence-electron chi connectivity index (χ0n) is 19.0. The van der Waals surface area contributed by atoms with E-state index in [1.54, 1.807) is 10.6 Å². The normalized spacial score (nSPS) is 19.3. The van der Waals surface area contributed by atoms with E-state index in [4.69, 9.17) is 11.6 Å². The molecule has 6 heteroatoms. The number of rotatable bonds is 7. The molecule has 1 aromatic heterocycles. The van der Waals surface area contributed by atoms with Crippen molar-refractivity contribution in [2.45, 2.75) is 64.0 Å². The van der Waals surface area contributed by atoms with Crippen LogP contribution in [0.4, 0.5) is 0 Å². The number of benzene rings is 2. The lowest BCUT2D eigenvalue weighted by molar-refractivity contribution is 0.216. The molecule has 3 aromatic rings. The summed E-state index contributed by atoms with van der Waals surface area (Å²) in [6, 6.07) is 15.1. The van der Waals surface area contributed by atoms with Crippen molar-refractivity contribution < 1.29 is 5.11 Å². The highest BCUT2D eigenvalue weighted by molar-refractivity contribution is 6.20. The van der Waals surface area contributed by atoms with Crippen LogP contribution >= 0.6 is 11.6 Å². The van der Waals surface area contributed by atoms with E-state index in [0.29, 0.717) is 40.7 Å². The van der Waals surface area contributed by atoms with Gasteiger partial charge in [-0.1, -0.05) is 31.0 Å². The number of halogens is 1. The van der Waals surface area contributed by atoms with Gasteiger partial charge in [0.25, 0.3) is 5.56 Å². The summed E-state index contributed by atoms with van der Waals surface area (Å²) < 4.78 is 1.68. The smallest absolute Gasteiger partial charge is 0.261 e. The van der Waals surface area contributed by atoms with Crippen LogP contribution in [0.15, 0.2) is 47.3 Å². The summed E-state index contributed by atoms with van der Waals surface area (Å²) >= 11 is 6.16. The molecular weight excluding hydrogens is 434 g/mol. The average Bonchev–Trinajstić information content (AvgIpc) is 2.84. The molecule has 1 aliphatic carbocycles. The third-order valence-corrected chi connectivity index (χ3v) is 7.02. The molecule has 0 amide bonds. The van der Waals surface area contributed by atoms with Crippen LogP contribution in [0.25, 0.3) is 22.0 Å². The zero-order chi connectivity index (χ0) is 23.4. The Morgan fingerprint density at radius 2 is 2.00 bits per heavy atom. The van der Waals surface area contributed by atoms with E-state index < -0.39 is 0 Å². The predicted molar refractivity (Wildman–Crippen MR) is 132 cm³/mol. The van der Waals surface area contributed by atoms with Crippen molar-refractivity contribution in [3.63, 3.8) is 0 Å². The van der Waals surface area contributed by atoms with Gasteiger partial charge in [0, 0.05) is 11.9 Å². The molecule has 0 bridgehead atoms. The molecular formula is C27H30ClN3O2. The Balaban J connectivity index is 1.65. The molecule has 1 heterocycles. The number of aromatic nitrogens is 2. The summed E-state index contributed by atoms with van der Waals surface area (Å²) in [7, 11) is 0. The molecule has 2 aromatic carbocycles. The first-order valence-corrected chi connectivity index (χ1v) is 12.2. The Kier molecular flexibility index (Phi) is 7.47. The quantitative estimate of drug-likeness (QED) is 0.460. The van der Waals surface area contributed by atoms with E-state index in [2.05, 4.69) is 11.1 Å². The lowest BCUT2D eigenvalue weighted by atomic mass is 9.79. The summed E-state index contributed by atoms with van der Waals surface area (Å²) in [5, 5.41) is 19.9. The lowest BCUT2D eigenvalue weighted by Crippen LogP contribution is -2.30. The Bertz CT molecular complexity index is 1230. The fourth-order valence-electron chi connectivity index (χ4n) is 5.08. The molecule has 33 heavy (non-hydrogen) atoms. The molecule has 1 fully saturated rings. The molecule has 1 N–H and O–H groups in total. The van der Waals surface area contributed by atoms with E-state index in [9.17, 15) is 15.2 Å². The highest BCUT2D eigenvalue weighted by atomic mass is 35.5. The highest BCUT2D eigenvalue weighted by Crippen LogP contribution is 2.33. The van der Waals surface area contributed by atoms with Crippen molar-refractivity contribution in [3.8, 4) is 17.2 Å². The van der Waals surface area contributed by atoms with Crippen molar-refractivity contribution >= 4 is 22.5 Å². The van der Waals surface area contributed by atoms with E-state index in [0.717, 1.165) is 43.2 Å². The van der Waals surface area contributed by atoms with Crippen LogP contribution in [0.2, 0.25) is 0 Å². The topological polar surface area (TPSA) is 78.9 Å². The van der Waals surface area contributed by atoms with E-state index in [1.165, 1.54) is 6.42 Å². The Labute approximate surface area is 199 Å². The standard InChI is InChI=1S/C27H30ClN3O2/c1-18(28)8-9-19-4-2-6-21(12-19)16-31-26(17-32)30-25-11-10-23(14-24(25)27(31)33)22-7-3-5-20(13-22)15-29/h3,5,7,10-11,13-14,18-19,21,32H,2,4,6,8-9,12,16-17H2,1H3. The molecule has 4 rings (SSSR count). The minimum atomic E-state index is -0.267. The fraction of sp³-hybridized carbons (Fsp3) is 0.444. The van der Waals surface area contributed by atoms with Gasteiger partial charge in [-0.25, -0.2) is 4.98 Å². The summed E-state index contributed by atoms with van der Waals surface area (Å²) in [5.74, 6) is 1.46. The summed E-state index contributed by atoms with van der Waals surface area (Å²) in [6.45, 7) is 2.36. The third-order valence-electron chi connectivity index (χ3n) is 6.80. The maximum absolute atomic E-state index is 13.5. The number of aliphatic hydroxyl groups is 1. The monoisotopic (exact) mass is 463 g/mol. The van der Waals surface area contributed by atoms with Crippen LogP contribution in [0.1, 0.15) is 56.8 Å². The van der Waals surface area contributed by atoms with Gasteiger partial charge >= 0.3 is 0 Å². The SMILES string of the molecule is CC(Cl)CCC1CCCC(Cn2c(CO)nc3ccc(-c4cccc(C#N)c4)cc3c2=O)C1. The predicted octanol–water partition coefficient (Wildman–Crippen LogP) is 5.64. The number of hydrogen-bond acceptors (Lipinski definition) is 4. The molecule has 1 aliphatic rings. The molecule has 0 radical (unpaired) electrons. The Morgan fingerprint density at radius 1 is 1.21 bits per heavy atom. The van der Waals surface area contributed by atoms with Gasteiger partial charge in [0.2, 0.25) is 0 Å². The molecule has 5 nitrogen and oxygen atoms in total. The van der Waals surface area contributed by atoms with E-state index >= 15 is 0 Å². The molecule has 0 aliphatic heterocycles. The maximum atomic E-state index is 13.5. The van der Waals surface area contributed by atoms with Gasteiger partial charge in [-0.3, -0.25) is 9.36 Å². The average molecular weight is 464 g/mol.